The minimum atomic E-state index is -0.527. The van der Waals surface area contributed by atoms with Gasteiger partial charge in [0.15, 0.2) is 0 Å². The lowest BCUT2D eigenvalue weighted by atomic mass is 9.74. The lowest BCUT2D eigenvalue weighted by Gasteiger charge is -2.42. The number of hydrogen-bond donors (Lipinski definition) is 0. The van der Waals surface area contributed by atoms with Crippen LogP contribution in [-0.2, 0) is 9.47 Å². The van der Waals surface area contributed by atoms with E-state index in [0.29, 0.717) is 17.4 Å². The zero-order chi connectivity index (χ0) is 12.0. The van der Waals surface area contributed by atoms with Gasteiger partial charge in [0.05, 0.1) is 0 Å². The van der Waals surface area contributed by atoms with E-state index in [1.807, 2.05) is 6.92 Å². The number of halogens is 2. The molecular weight excluding hydrogens is 340 g/mol. The molecule has 1 saturated carbocycles. The molecule has 1 aliphatic carbocycles. The quantitative estimate of drug-likeness (QED) is 0.532. The topological polar surface area (TPSA) is 35.5 Å². The summed E-state index contributed by atoms with van der Waals surface area (Å²) in [5, 5.41) is 0. The minimum Gasteiger partial charge on any atom is -0.430 e. The number of cyclic esters (lactones) is 2. The van der Waals surface area contributed by atoms with Crippen LogP contribution >= 0.6 is 31.9 Å². The zero-order valence-corrected chi connectivity index (χ0v) is 12.6. The Kier molecular flexibility index (Phi) is 3.30. The second kappa shape index (κ2) is 4.16. The third-order valence-electron chi connectivity index (χ3n) is 3.78. The lowest BCUT2D eigenvalue weighted by molar-refractivity contribution is 0.00527. The lowest BCUT2D eigenvalue weighted by Crippen LogP contribution is -2.45. The van der Waals surface area contributed by atoms with E-state index < -0.39 is 11.8 Å². The number of carbonyl (C=O) groups excluding carboxylic acids is 1. The van der Waals surface area contributed by atoms with Crippen molar-refractivity contribution in [1.29, 1.82) is 0 Å². The molecule has 0 N–H and O–H groups in total. The second-order valence-corrected chi connectivity index (χ2v) is 8.09. The summed E-state index contributed by atoms with van der Waals surface area (Å²) >= 11 is 7.45. The predicted molar refractivity (Wildman–Crippen MR) is 68.2 cm³/mol. The van der Waals surface area contributed by atoms with Crippen LogP contribution in [0.5, 0.6) is 0 Å². The van der Waals surface area contributed by atoms with Gasteiger partial charge in [0.25, 0.3) is 0 Å². The summed E-state index contributed by atoms with van der Waals surface area (Å²) in [5.41, 5.74) is -0.438. The van der Waals surface area contributed by atoms with Crippen molar-refractivity contribution in [2.24, 2.45) is 5.92 Å². The molecule has 0 amide bonds. The van der Waals surface area contributed by atoms with Crippen molar-refractivity contribution in [2.45, 2.75) is 47.9 Å². The maximum Gasteiger partial charge on any atom is 0.509 e. The van der Waals surface area contributed by atoms with E-state index in [1.54, 1.807) is 0 Å². The van der Waals surface area contributed by atoms with E-state index >= 15 is 0 Å². The van der Waals surface area contributed by atoms with Crippen molar-refractivity contribution >= 4 is 38.0 Å². The molecule has 16 heavy (non-hydrogen) atoms. The Morgan fingerprint density at radius 1 is 1.44 bits per heavy atom. The van der Waals surface area contributed by atoms with E-state index in [1.165, 1.54) is 0 Å². The molecule has 5 heteroatoms. The highest BCUT2D eigenvalue weighted by molar-refractivity contribution is 9.12. The van der Waals surface area contributed by atoms with Crippen LogP contribution in [-0.4, -0.2) is 27.5 Å². The normalized spacial score (nSPS) is 48.6. The Morgan fingerprint density at radius 2 is 2.12 bits per heavy atom. The molecule has 1 heterocycles. The fraction of sp³-hybridized carbons (Fsp3) is 0.909. The van der Waals surface area contributed by atoms with Gasteiger partial charge in [-0.3, -0.25) is 0 Å². The Hall–Kier alpha value is 0.230. The summed E-state index contributed by atoms with van der Waals surface area (Å²) in [6.07, 6.45) is 2.59. The van der Waals surface area contributed by atoms with Gasteiger partial charge in [-0.25, -0.2) is 4.79 Å². The molecule has 4 atom stereocenters. The first-order chi connectivity index (χ1) is 7.33. The van der Waals surface area contributed by atoms with Gasteiger partial charge in [-0.2, -0.15) is 0 Å². The van der Waals surface area contributed by atoms with Crippen LogP contribution in [0.3, 0.4) is 0 Å². The molecule has 0 unspecified atom stereocenters. The summed E-state index contributed by atoms with van der Waals surface area (Å²) in [5.74, 6) is 0.369. The van der Waals surface area contributed by atoms with E-state index in [4.69, 9.17) is 9.47 Å². The molecule has 2 aliphatic rings. The predicted octanol–water partition coefficient (Wildman–Crippen LogP) is 3.63. The maximum absolute atomic E-state index is 11.0. The molecule has 1 aliphatic heterocycles. The Bertz CT molecular complexity index is 306. The molecule has 2 fully saturated rings. The van der Waals surface area contributed by atoms with Gasteiger partial charge in [0.2, 0.25) is 0 Å². The SMILES string of the molecule is C[C@@]1(Br)CC[C@H]([C@]2(C)COC(=O)O2)C[C@H]1Br. The van der Waals surface area contributed by atoms with Crippen molar-refractivity contribution < 1.29 is 14.3 Å². The standard InChI is InChI=1S/C11H16Br2O3/c1-10(13)4-3-7(5-8(10)12)11(2)6-15-9(14)16-11/h7-8H,3-6H2,1-2H3/t7-,8+,10+,11-/m0/s1. The van der Waals surface area contributed by atoms with E-state index in [2.05, 4.69) is 38.8 Å². The Balaban J connectivity index is 2.05. The smallest absolute Gasteiger partial charge is 0.430 e. The average molecular weight is 356 g/mol. The first kappa shape index (κ1) is 12.7. The van der Waals surface area contributed by atoms with Crippen LogP contribution in [0.25, 0.3) is 0 Å². The molecule has 0 radical (unpaired) electrons. The third-order valence-corrected chi connectivity index (χ3v) is 6.73. The van der Waals surface area contributed by atoms with E-state index in [9.17, 15) is 4.79 Å². The van der Waals surface area contributed by atoms with E-state index in [0.717, 1.165) is 19.3 Å². The molecule has 2 rings (SSSR count). The van der Waals surface area contributed by atoms with Crippen molar-refractivity contribution in [3.63, 3.8) is 0 Å². The number of carbonyl (C=O) groups is 1. The second-order valence-electron chi connectivity index (χ2n) is 5.17. The molecule has 3 nitrogen and oxygen atoms in total. The molecule has 0 aromatic carbocycles. The number of ether oxygens (including phenoxy) is 2. The highest BCUT2D eigenvalue weighted by atomic mass is 79.9. The Morgan fingerprint density at radius 3 is 2.62 bits per heavy atom. The van der Waals surface area contributed by atoms with Crippen molar-refractivity contribution in [1.82, 2.24) is 0 Å². The van der Waals surface area contributed by atoms with Gasteiger partial charge in [0.1, 0.15) is 12.2 Å². The average Bonchev–Trinajstić information content (AvgIpc) is 2.52. The number of alkyl halides is 2. The molecular formula is C11H16Br2O3. The van der Waals surface area contributed by atoms with Crippen LogP contribution < -0.4 is 0 Å². The van der Waals surface area contributed by atoms with Gasteiger partial charge < -0.3 is 9.47 Å². The van der Waals surface area contributed by atoms with Crippen LogP contribution in [0.4, 0.5) is 4.79 Å². The van der Waals surface area contributed by atoms with Gasteiger partial charge >= 0.3 is 6.16 Å². The fourth-order valence-electron chi connectivity index (χ4n) is 2.43. The van der Waals surface area contributed by atoms with Gasteiger partial charge in [0, 0.05) is 15.1 Å². The Labute approximate surface area is 113 Å². The first-order valence-corrected chi connectivity index (χ1v) is 7.23. The largest absolute Gasteiger partial charge is 0.509 e. The molecule has 0 bridgehead atoms. The fourth-order valence-corrected chi connectivity index (χ4v) is 3.53. The molecule has 92 valence electrons. The summed E-state index contributed by atoms with van der Waals surface area (Å²) in [6, 6.07) is 0. The molecule has 0 aromatic rings. The van der Waals surface area contributed by atoms with Crippen LogP contribution in [0.2, 0.25) is 0 Å². The van der Waals surface area contributed by atoms with Gasteiger partial charge in [-0.05, 0) is 33.1 Å². The summed E-state index contributed by atoms with van der Waals surface area (Å²) < 4.78 is 10.4. The highest BCUT2D eigenvalue weighted by Gasteiger charge is 2.49. The minimum absolute atomic E-state index is 0.142. The summed E-state index contributed by atoms with van der Waals surface area (Å²) in [4.78, 5) is 11.4. The van der Waals surface area contributed by atoms with Crippen LogP contribution in [0.1, 0.15) is 33.1 Å². The zero-order valence-electron chi connectivity index (χ0n) is 9.46. The van der Waals surface area contributed by atoms with Crippen LogP contribution in [0.15, 0.2) is 0 Å². The van der Waals surface area contributed by atoms with Gasteiger partial charge in [-0.15, -0.1) is 0 Å². The summed E-state index contributed by atoms with van der Waals surface area (Å²) in [6.45, 7) is 4.55. The van der Waals surface area contributed by atoms with Crippen molar-refractivity contribution in [2.75, 3.05) is 6.61 Å². The highest BCUT2D eigenvalue weighted by Crippen LogP contribution is 2.47. The first-order valence-electron chi connectivity index (χ1n) is 5.52. The molecule has 0 aromatic heterocycles. The third kappa shape index (κ3) is 2.26. The number of hydrogen-bond acceptors (Lipinski definition) is 3. The monoisotopic (exact) mass is 354 g/mol. The van der Waals surface area contributed by atoms with Gasteiger partial charge in [-0.1, -0.05) is 31.9 Å². The maximum atomic E-state index is 11.0. The van der Waals surface area contributed by atoms with E-state index in [-0.39, 0.29) is 4.32 Å². The molecule has 1 saturated heterocycles. The summed E-state index contributed by atoms with van der Waals surface area (Å²) in [7, 11) is 0. The molecule has 0 spiro atoms. The van der Waals surface area contributed by atoms with Crippen LogP contribution in [0, 0.1) is 5.92 Å². The van der Waals surface area contributed by atoms with Crippen molar-refractivity contribution in [3.8, 4) is 0 Å². The number of rotatable bonds is 1. The van der Waals surface area contributed by atoms with Crippen molar-refractivity contribution in [3.05, 3.63) is 0 Å².